The van der Waals surface area contributed by atoms with Gasteiger partial charge in [-0.25, -0.2) is 0 Å². The summed E-state index contributed by atoms with van der Waals surface area (Å²) >= 11 is 13.5. The zero-order valence-electron chi connectivity index (χ0n) is 10.6. The van der Waals surface area contributed by atoms with Crippen molar-refractivity contribution < 1.29 is 4.74 Å². The van der Waals surface area contributed by atoms with Crippen molar-refractivity contribution in [1.82, 2.24) is 0 Å². The van der Waals surface area contributed by atoms with E-state index in [4.69, 9.17) is 39.1 Å². The lowest BCUT2D eigenvalue weighted by molar-refractivity contribution is 0.480. The number of amidine groups is 1. The number of hydrogen-bond donors (Lipinski definition) is 2. The molecule has 0 aliphatic rings. The maximum absolute atomic E-state index is 7.71. The van der Waals surface area contributed by atoms with Gasteiger partial charge in [0.25, 0.3) is 0 Å². The van der Waals surface area contributed by atoms with Crippen molar-refractivity contribution in [3.8, 4) is 11.5 Å². The molecule has 0 atom stereocenters. The molecule has 0 saturated carbocycles. The summed E-state index contributed by atoms with van der Waals surface area (Å²) in [4.78, 5) is 0.869. The third-order valence-corrected chi connectivity index (χ3v) is 3.92. The Hall–Kier alpha value is -1.36. The number of nitrogens with two attached hydrogens (primary N) is 1. The maximum atomic E-state index is 7.71. The molecule has 0 heterocycles. The number of nitrogens with one attached hydrogen (secondary N) is 1. The Balaban J connectivity index is 2.48. The van der Waals surface area contributed by atoms with Crippen molar-refractivity contribution >= 4 is 40.8 Å². The van der Waals surface area contributed by atoms with Crippen molar-refractivity contribution in [2.45, 2.75) is 4.90 Å². The monoisotopic (exact) mass is 326 g/mol. The van der Waals surface area contributed by atoms with Gasteiger partial charge < -0.3 is 10.5 Å². The third kappa shape index (κ3) is 3.20. The number of ether oxygens (including phenoxy) is 1. The number of benzene rings is 2. The van der Waals surface area contributed by atoms with Gasteiger partial charge in [-0.1, -0.05) is 29.3 Å². The highest BCUT2D eigenvalue weighted by Gasteiger charge is 2.14. The van der Waals surface area contributed by atoms with E-state index in [0.717, 1.165) is 4.90 Å². The van der Waals surface area contributed by atoms with E-state index in [1.54, 1.807) is 24.3 Å². The number of thioether (sulfide) groups is 1. The molecule has 20 heavy (non-hydrogen) atoms. The second-order valence-corrected chi connectivity index (χ2v) is 5.62. The Morgan fingerprint density at radius 1 is 1.20 bits per heavy atom. The highest BCUT2D eigenvalue weighted by Crippen LogP contribution is 2.36. The predicted octanol–water partition coefficient (Wildman–Crippen LogP) is 4.79. The molecule has 3 N–H and O–H groups in total. The minimum absolute atomic E-state index is 0.0527. The molecule has 0 fully saturated rings. The van der Waals surface area contributed by atoms with Gasteiger partial charge in [-0.2, -0.15) is 0 Å². The molecule has 0 aliphatic heterocycles. The number of halogens is 2. The molecule has 2 aromatic rings. The van der Waals surface area contributed by atoms with Gasteiger partial charge in [0.2, 0.25) is 0 Å². The normalized spacial score (nSPS) is 10.3. The third-order valence-electron chi connectivity index (χ3n) is 2.59. The van der Waals surface area contributed by atoms with E-state index in [9.17, 15) is 0 Å². The van der Waals surface area contributed by atoms with Crippen LogP contribution in [0.2, 0.25) is 10.0 Å². The molecule has 0 radical (unpaired) electrons. The largest absolute Gasteiger partial charge is 0.455 e. The van der Waals surface area contributed by atoms with Crippen molar-refractivity contribution in [2.24, 2.45) is 5.73 Å². The summed E-state index contributed by atoms with van der Waals surface area (Å²) in [7, 11) is 0. The van der Waals surface area contributed by atoms with Crippen LogP contribution in [-0.2, 0) is 0 Å². The van der Waals surface area contributed by atoms with Gasteiger partial charge in [0.05, 0.1) is 10.6 Å². The van der Waals surface area contributed by atoms with Crippen LogP contribution >= 0.6 is 35.0 Å². The lowest BCUT2D eigenvalue weighted by atomic mass is 10.2. The summed E-state index contributed by atoms with van der Waals surface area (Å²) in [5, 5.41) is 8.67. The van der Waals surface area contributed by atoms with Crippen molar-refractivity contribution in [1.29, 1.82) is 5.41 Å². The SMILES string of the molecule is CSc1cccc(Oc2cc(Cl)ccc2Cl)c1C(=N)N. The van der Waals surface area contributed by atoms with E-state index in [1.165, 1.54) is 11.8 Å². The molecule has 2 aromatic carbocycles. The van der Waals surface area contributed by atoms with Gasteiger partial charge in [-0.05, 0) is 30.5 Å². The van der Waals surface area contributed by atoms with Gasteiger partial charge in [0.1, 0.15) is 17.3 Å². The smallest absolute Gasteiger partial charge is 0.147 e. The Labute approximate surface area is 131 Å². The zero-order chi connectivity index (χ0) is 14.7. The lowest BCUT2D eigenvalue weighted by Gasteiger charge is -2.14. The summed E-state index contributed by atoms with van der Waals surface area (Å²) in [6.07, 6.45) is 1.91. The molecular formula is C14H12Cl2N2OS. The average molecular weight is 327 g/mol. The molecule has 0 amide bonds. The van der Waals surface area contributed by atoms with E-state index in [0.29, 0.717) is 27.1 Å². The topological polar surface area (TPSA) is 59.1 Å². The molecule has 0 saturated heterocycles. The number of rotatable bonds is 4. The number of hydrogen-bond acceptors (Lipinski definition) is 3. The molecule has 2 rings (SSSR count). The Bertz CT molecular complexity index is 662. The van der Waals surface area contributed by atoms with Gasteiger partial charge in [-0.15, -0.1) is 11.8 Å². The molecular weight excluding hydrogens is 315 g/mol. The first-order chi connectivity index (χ1) is 9.52. The van der Waals surface area contributed by atoms with Crippen molar-refractivity contribution in [3.63, 3.8) is 0 Å². The van der Waals surface area contributed by atoms with Crippen molar-refractivity contribution in [3.05, 3.63) is 52.0 Å². The summed E-state index contributed by atoms with van der Waals surface area (Å²) in [6.45, 7) is 0. The molecule has 0 unspecified atom stereocenters. The van der Waals surface area contributed by atoms with Gasteiger partial charge in [-0.3, -0.25) is 5.41 Å². The lowest BCUT2D eigenvalue weighted by Crippen LogP contribution is -2.13. The van der Waals surface area contributed by atoms with Crippen LogP contribution < -0.4 is 10.5 Å². The average Bonchev–Trinajstić information content (AvgIpc) is 2.42. The van der Waals surface area contributed by atoms with Crippen LogP contribution in [0.1, 0.15) is 5.56 Å². The van der Waals surface area contributed by atoms with E-state index in [-0.39, 0.29) is 5.84 Å². The molecule has 0 bridgehead atoms. The first kappa shape index (κ1) is 15.0. The fraction of sp³-hybridized carbons (Fsp3) is 0.0714. The van der Waals surface area contributed by atoms with Gasteiger partial charge >= 0.3 is 0 Å². The number of nitrogen functional groups attached to an aromatic ring is 1. The molecule has 6 heteroatoms. The van der Waals surface area contributed by atoms with Crippen LogP contribution in [0.25, 0.3) is 0 Å². The quantitative estimate of drug-likeness (QED) is 0.482. The Morgan fingerprint density at radius 2 is 1.95 bits per heavy atom. The van der Waals surface area contributed by atoms with Crippen LogP contribution in [0, 0.1) is 5.41 Å². The summed E-state index contributed by atoms with van der Waals surface area (Å²) in [5.74, 6) is 0.858. The first-order valence-corrected chi connectivity index (χ1v) is 7.65. The van der Waals surface area contributed by atoms with Crippen LogP contribution in [0.4, 0.5) is 0 Å². The van der Waals surface area contributed by atoms with Gasteiger partial charge in [0.15, 0.2) is 0 Å². The zero-order valence-corrected chi connectivity index (χ0v) is 12.9. The molecule has 0 aromatic heterocycles. The highest BCUT2D eigenvalue weighted by atomic mass is 35.5. The van der Waals surface area contributed by atoms with E-state index >= 15 is 0 Å². The molecule has 0 aliphatic carbocycles. The summed E-state index contributed by atoms with van der Waals surface area (Å²) < 4.78 is 5.77. The second kappa shape index (κ2) is 6.39. The van der Waals surface area contributed by atoms with E-state index in [2.05, 4.69) is 0 Å². The summed E-state index contributed by atoms with van der Waals surface area (Å²) in [6, 6.07) is 10.4. The molecule has 0 spiro atoms. The minimum Gasteiger partial charge on any atom is -0.455 e. The van der Waals surface area contributed by atoms with Crippen LogP contribution in [-0.4, -0.2) is 12.1 Å². The Kier molecular flexibility index (Phi) is 4.81. The second-order valence-electron chi connectivity index (χ2n) is 3.92. The predicted molar refractivity (Wildman–Crippen MR) is 85.8 cm³/mol. The fourth-order valence-corrected chi connectivity index (χ4v) is 2.65. The molecule has 3 nitrogen and oxygen atoms in total. The van der Waals surface area contributed by atoms with E-state index < -0.39 is 0 Å². The van der Waals surface area contributed by atoms with Crippen molar-refractivity contribution in [2.75, 3.05) is 6.26 Å². The minimum atomic E-state index is -0.0527. The first-order valence-electron chi connectivity index (χ1n) is 5.67. The molecule has 104 valence electrons. The van der Waals surface area contributed by atoms with Gasteiger partial charge in [0, 0.05) is 16.0 Å². The fourth-order valence-electron chi connectivity index (χ4n) is 1.71. The standard InChI is InChI=1S/C14H12Cl2N2OS/c1-20-12-4-2-3-10(13(12)14(17)18)19-11-7-8(15)5-6-9(11)16/h2-7H,1H3,(H3,17,18). The van der Waals surface area contributed by atoms with Crippen LogP contribution in [0.15, 0.2) is 41.3 Å². The maximum Gasteiger partial charge on any atom is 0.147 e. The summed E-state index contributed by atoms with van der Waals surface area (Å²) in [5.41, 5.74) is 6.20. The Morgan fingerprint density at radius 3 is 2.60 bits per heavy atom. The highest BCUT2D eigenvalue weighted by molar-refractivity contribution is 7.98. The van der Waals surface area contributed by atoms with E-state index in [1.807, 2.05) is 18.4 Å². The van der Waals surface area contributed by atoms with Crippen LogP contribution in [0.5, 0.6) is 11.5 Å². The van der Waals surface area contributed by atoms with Crippen LogP contribution in [0.3, 0.4) is 0 Å².